The van der Waals surface area contributed by atoms with Crippen molar-refractivity contribution in [3.63, 3.8) is 0 Å². The van der Waals surface area contributed by atoms with Gasteiger partial charge in [0.15, 0.2) is 0 Å². The highest BCUT2D eigenvalue weighted by molar-refractivity contribution is 9.10. The van der Waals surface area contributed by atoms with Crippen LogP contribution in [0.15, 0.2) is 46.9 Å². The Morgan fingerprint density at radius 3 is 2.71 bits per heavy atom. The molecule has 2 rings (SSSR count). The number of nitriles is 1. The van der Waals surface area contributed by atoms with E-state index in [0.717, 1.165) is 22.9 Å². The number of ether oxygens (including phenoxy) is 1. The summed E-state index contributed by atoms with van der Waals surface area (Å²) in [6.45, 7) is 1.15. The Morgan fingerprint density at radius 2 is 1.95 bits per heavy atom. The molecule has 2 N–H and O–H groups in total. The molecule has 0 aliphatic heterocycles. The van der Waals surface area contributed by atoms with E-state index in [0.29, 0.717) is 24.5 Å². The standard InChI is InChI=1S/C17H17BrN2O/c18-16-6-7-17(15(10-16)12-20)21-8-2-5-13-3-1-4-14(9-13)11-19/h1,3-4,6-7,9-10H,2,5,8,11,19H2. The molecular weight excluding hydrogens is 328 g/mol. The maximum absolute atomic E-state index is 9.07. The summed E-state index contributed by atoms with van der Waals surface area (Å²) >= 11 is 3.35. The fourth-order valence-electron chi connectivity index (χ4n) is 2.09. The Hall–Kier alpha value is -1.83. The van der Waals surface area contributed by atoms with E-state index in [2.05, 4.69) is 34.1 Å². The Morgan fingerprint density at radius 1 is 1.14 bits per heavy atom. The molecule has 108 valence electrons. The zero-order chi connectivity index (χ0) is 15.1. The van der Waals surface area contributed by atoms with Gasteiger partial charge in [-0.1, -0.05) is 40.2 Å². The van der Waals surface area contributed by atoms with Crippen LogP contribution in [0.5, 0.6) is 5.75 Å². The molecule has 0 amide bonds. The molecule has 0 bridgehead atoms. The monoisotopic (exact) mass is 344 g/mol. The highest BCUT2D eigenvalue weighted by Gasteiger charge is 2.04. The number of aryl methyl sites for hydroxylation is 1. The molecular formula is C17H17BrN2O. The molecule has 0 heterocycles. The largest absolute Gasteiger partial charge is 0.492 e. The van der Waals surface area contributed by atoms with Crippen molar-refractivity contribution in [1.29, 1.82) is 5.26 Å². The number of hydrogen-bond acceptors (Lipinski definition) is 3. The van der Waals surface area contributed by atoms with Crippen LogP contribution in [0.3, 0.4) is 0 Å². The molecule has 0 spiro atoms. The molecule has 21 heavy (non-hydrogen) atoms. The number of benzene rings is 2. The van der Waals surface area contributed by atoms with Gasteiger partial charge in [-0.15, -0.1) is 0 Å². The van der Waals surface area contributed by atoms with Gasteiger partial charge in [-0.05, 0) is 42.2 Å². The molecule has 3 nitrogen and oxygen atoms in total. The second kappa shape index (κ2) is 7.82. The van der Waals surface area contributed by atoms with Gasteiger partial charge in [0.25, 0.3) is 0 Å². The number of rotatable bonds is 6. The van der Waals surface area contributed by atoms with Crippen LogP contribution in [0.1, 0.15) is 23.1 Å². The highest BCUT2D eigenvalue weighted by atomic mass is 79.9. The van der Waals surface area contributed by atoms with Gasteiger partial charge in [0.1, 0.15) is 11.8 Å². The normalized spacial score (nSPS) is 10.1. The van der Waals surface area contributed by atoms with Crippen LogP contribution < -0.4 is 10.5 Å². The second-order valence-corrected chi connectivity index (χ2v) is 5.64. The van der Waals surface area contributed by atoms with E-state index in [1.165, 1.54) is 5.56 Å². The first-order chi connectivity index (χ1) is 10.2. The summed E-state index contributed by atoms with van der Waals surface area (Å²) in [6.07, 6.45) is 1.83. The first-order valence-corrected chi connectivity index (χ1v) is 7.62. The molecule has 0 aliphatic rings. The number of nitrogens with two attached hydrogens (primary N) is 1. The topological polar surface area (TPSA) is 59.0 Å². The van der Waals surface area contributed by atoms with E-state index in [9.17, 15) is 0 Å². The molecule has 0 aliphatic carbocycles. The summed E-state index contributed by atoms with van der Waals surface area (Å²) < 4.78 is 6.57. The molecule has 0 saturated carbocycles. The number of hydrogen-bond donors (Lipinski definition) is 1. The fourth-order valence-corrected chi connectivity index (χ4v) is 2.45. The van der Waals surface area contributed by atoms with Gasteiger partial charge in [0.05, 0.1) is 12.2 Å². The summed E-state index contributed by atoms with van der Waals surface area (Å²) in [6, 6.07) is 15.9. The average Bonchev–Trinajstić information content (AvgIpc) is 2.52. The molecule has 0 unspecified atom stereocenters. The fraction of sp³-hybridized carbons (Fsp3) is 0.235. The number of halogens is 1. The summed E-state index contributed by atoms with van der Waals surface area (Å²) in [5.74, 6) is 0.636. The first kappa shape index (κ1) is 15.6. The van der Waals surface area contributed by atoms with Crippen molar-refractivity contribution in [2.75, 3.05) is 6.61 Å². The minimum atomic E-state index is 0.550. The first-order valence-electron chi connectivity index (χ1n) is 6.83. The lowest BCUT2D eigenvalue weighted by Crippen LogP contribution is -2.02. The molecule has 4 heteroatoms. The zero-order valence-electron chi connectivity index (χ0n) is 11.7. The maximum atomic E-state index is 9.07. The van der Waals surface area contributed by atoms with Crippen LogP contribution in [-0.2, 0) is 13.0 Å². The van der Waals surface area contributed by atoms with Crippen LogP contribution in [0.4, 0.5) is 0 Å². The third-order valence-electron chi connectivity index (χ3n) is 3.16. The van der Waals surface area contributed by atoms with Gasteiger partial charge in [0.2, 0.25) is 0 Å². The van der Waals surface area contributed by atoms with Crippen LogP contribution in [0.2, 0.25) is 0 Å². The molecule has 0 atom stereocenters. The number of nitrogens with zero attached hydrogens (tertiary/aromatic N) is 1. The van der Waals surface area contributed by atoms with E-state index in [1.807, 2.05) is 24.3 Å². The Balaban J connectivity index is 1.86. The molecule has 0 radical (unpaired) electrons. The Labute approximate surface area is 133 Å². The van der Waals surface area contributed by atoms with Gasteiger partial charge in [0, 0.05) is 11.0 Å². The van der Waals surface area contributed by atoms with Gasteiger partial charge in [-0.2, -0.15) is 5.26 Å². The van der Waals surface area contributed by atoms with Crippen molar-refractivity contribution in [3.8, 4) is 11.8 Å². The molecule has 2 aromatic carbocycles. The van der Waals surface area contributed by atoms with Crippen molar-refractivity contribution < 1.29 is 4.74 Å². The SMILES string of the molecule is N#Cc1cc(Br)ccc1OCCCc1cccc(CN)c1. The van der Waals surface area contributed by atoms with Gasteiger partial charge >= 0.3 is 0 Å². The van der Waals surface area contributed by atoms with Crippen molar-refractivity contribution in [3.05, 3.63) is 63.6 Å². The molecule has 0 aromatic heterocycles. The molecule has 2 aromatic rings. The van der Waals surface area contributed by atoms with E-state index < -0.39 is 0 Å². The van der Waals surface area contributed by atoms with Crippen LogP contribution >= 0.6 is 15.9 Å². The highest BCUT2D eigenvalue weighted by Crippen LogP contribution is 2.22. The van der Waals surface area contributed by atoms with E-state index in [4.69, 9.17) is 15.7 Å². The van der Waals surface area contributed by atoms with Crippen molar-refractivity contribution in [2.24, 2.45) is 5.73 Å². The molecule has 0 saturated heterocycles. The lowest BCUT2D eigenvalue weighted by molar-refractivity contribution is 0.310. The lowest BCUT2D eigenvalue weighted by atomic mass is 10.1. The quantitative estimate of drug-likeness (QED) is 0.811. The smallest absolute Gasteiger partial charge is 0.137 e. The van der Waals surface area contributed by atoms with Crippen molar-refractivity contribution >= 4 is 15.9 Å². The summed E-state index contributed by atoms with van der Waals surface area (Å²) in [4.78, 5) is 0. The average molecular weight is 345 g/mol. The molecule has 0 fully saturated rings. The van der Waals surface area contributed by atoms with E-state index >= 15 is 0 Å². The summed E-state index contributed by atoms with van der Waals surface area (Å²) in [7, 11) is 0. The maximum Gasteiger partial charge on any atom is 0.137 e. The van der Waals surface area contributed by atoms with Crippen molar-refractivity contribution in [1.82, 2.24) is 0 Å². The predicted octanol–water partition coefficient (Wildman–Crippen LogP) is 3.79. The van der Waals surface area contributed by atoms with Gasteiger partial charge < -0.3 is 10.5 Å². The van der Waals surface area contributed by atoms with Gasteiger partial charge in [-0.3, -0.25) is 0 Å². The zero-order valence-corrected chi connectivity index (χ0v) is 13.3. The van der Waals surface area contributed by atoms with E-state index in [1.54, 1.807) is 6.07 Å². The third-order valence-corrected chi connectivity index (χ3v) is 3.65. The van der Waals surface area contributed by atoms with Gasteiger partial charge in [-0.25, -0.2) is 0 Å². The van der Waals surface area contributed by atoms with Crippen molar-refractivity contribution in [2.45, 2.75) is 19.4 Å². The Kier molecular flexibility index (Phi) is 5.79. The third kappa shape index (κ3) is 4.59. The van der Waals surface area contributed by atoms with Crippen LogP contribution in [0, 0.1) is 11.3 Å². The minimum absolute atomic E-state index is 0.550. The predicted molar refractivity (Wildman–Crippen MR) is 87.0 cm³/mol. The van der Waals surface area contributed by atoms with Crippen LogP contribution in [-0.4, -0.2) is 6.61 Å². The lowest BCUT2D eigenvalue weighted by Gasteiger charge is -2.08. The second-order valence-electron chi connectivity index (χ2n) is 4.73. The minimum Gasteiger partial charge on any atom is -0.492 e. The summed E-state index contributed by atoms with van der Waals surface area (Å²) in [5, 5.41) is 9.07. The Bertz CT molecular complexity index is 649. The van der Waals surface area contributed by atoms with Crippen LogP contribution in [0.25, 0.3) is 0 Å². The summed E-state index contributed by atoms with van der Waals surface area (Å²) in [5.41, 5.74) is 8.59. The van der Waals surface area contributed by atoms with E-state index in [-0.39, 0.29) is 0 Å².